The van der Waals surface area contributed by atoms with Gasteiger partial charge in [0.15, 0.2) is 5.16 Å². The van der Waals surface area contributed by atoms with Crippen LogP contribution in [0.4, 0.5) is 0 Å². The average molecular weight is 345 g/mol. The fourth-order valence-corrected chi connectivity index (χ4v) is 3.67. The second-order valence-corrected chi connectivity index (χ2v) is 6.98. The van der Waals surface area contributed by atoms with Gasteiger partial charge in [-0.1, -0.05) is 42.1 Å². The molecule has 3 rings (SSSR count). The van der Waals surface area contributed by atoms with Crippen molar-refractivity contribution in [3.8, 4) is 0 Å². The van der Waals surface area contributed by atoms with Crippen molar-refractivity contribution in [2.75, 3.05) is 38.6 Å². The molecule has 5 nitrogen and oxygen atoms in total. The number of aromatic nitrogens is 2. The van der Waals surface area contributed by atoms with Gasteiger partial charge in [-0.25, -0.2) is 4.98 Å². The van der Waals surface area contributed by atoms with E-state index in [1.807, 2.05) is 37.3 Å². The second kappa shape index (κ2) is 8.46. The minimum atomic E-state index is -0.0276. The van der Waals surface area contributed by atoms with Crippen LogP contribution >= 0.6 is 11.8 Å². The van der Waals surface area contributed by atoms with Gasteiger partial charge in [-0.15, -0.1) is 0 Å². The van der Waals surface area contributed by atoms with Gasteiger partial charge in [0.25, 0.3) is 5.56 Å². The molecule has 0 atom stereocenters. The molecule has 128 valence electrons. The Hall–Kier alpha value is -1.63. The fraction of sp³-hybridized carbons (Fsp3) is 0.444. The van der Waals surface area contributed by atoms with Crippen molar-refractivity contribution in [2.45, 2.75) is 18.5 Å². The largest absolute Gasteiger partial charge is 0.379 e. The number of nitrogens with one attached hydrogen (secondary N) is 1. The molecule has 1 fully saturated rings. The Morgan fingerprint density at radius 3 is 2.71 bits per heavy atom. The topological polar surface area (TPSA) is 58.2 Å². The molecule has 1 aromatic carbocycles. The smallest absolute Gasteiger partial charge is 0.255 e. The molecule has 1 N–H and O–H groups in total. The Labute approximate surface area is 146 Å². The van der Waals surface area contributed by atoms with Gasteiger partial charge in [-0.2, -0.15) is 0 Å². The number of nitrogens with zero attached hydrogens (tertiary/aromatic N) is 2. The summed E-state index contributed by atoms with van der Waals surface area (Å²) >= 11 is 1.61. The quantitative estimate of drug-likeness (QED) is 0.642. The molecule has 1 saturated heterocycles. The molecule has 0 unspecified atom stereocenters. The third-order valence-corrected chi connectivity index (χ3v) is 5.03. The molecule has 1 aromatic heterocycles. The van der Waals surface area contributed by atoms with Crippen LogP contribution in [0.15, 0.2) is 40.3 Å². The maximum Gasteiger partial charge on any atom is 0.255 e. The number of H-pyrrole nitrogens is 1. The van der Waals surface area contributed by atoms with Gasteiger partial charge in [-0.3, -0.25) is 9.69 Å². The standard InChI is InChI=1S/C18H23N3O2S/c1-14-16(13-15-5-3-2-4-6-15)17(22)20-18(19-14)24-12-9-21-7-10-23-11-8-21/h2-6H,7-13H2,1H3,(H,19,20,22). The van der Waals surface area contributed by atoms with Gasteiger partial charge in [0.1, 0.15) is 0 Å². The lowest BCUT2D eigenvalue weighted by atomic mass is 10.1. The predicted octanol–water partition coefficient (Wildman–Crippen LogP) is 2.09. The van der Waals surface area contributed by atoms with Crippen LogP contribution < -0.4 is 5.56 Å². The van der Waals surface area contributed by atoms with Crippen molar-refractivity contribution in [3.05, 3.63) is 57.5 Å². The van der Waals surface area contributed by atoms with E-state index in [0.717, 1.165) is 55.4 Å². The van der Waals surface area contributed by atoms with Crippen LogP contribution in [0.1, 0.15) is 16.8 Å². The summed E-state index contributed by atoms with van der Waals surface area (Å²) in [5.41, 5.74) is 2.66. The number of aryl methyl sites for hydroxylation is 1. The number of hydrogen-bond donors (Lipinski definition) is 1. The summed E-state index contributed by atoms with van der Waals surface area (Å²) in [4.78, 5) is 22.3. The van der Waals surface area contributed by atoms with Gasteiger partial charge in [-0.05, 0) is 12.5 Å². The van der Waals surface area contributed by atoms with E-state index < -0.39 is 0 Å². The first kappa shape index (κ1) is 17.2. The first-order valence-electron chi connectivity index (χ1n) is 8.29. The lowest BCUT2D eigenvalue weighted by Crippen LogP contribution is -2.37. The molecule has 0 amide bonds. The third kappa shape index (κ3) is 4.69. The van der Waals surface area contributed by atoms with E-state index in [9.17, 15) is 4.79 Å². The van der Waals surface area contributed by atoms with Gasteiger partial charge in [0.05, 0.1) is 13.2 Å². The van der Waals surface area contributed by atoms with Gasteiger partial charge in [0, 0.05) is 43.1 Å². The van der Waals surface area contributed by atoms with Crippen molar-refractivity contribution < 1.29 is 4.74 Å². The molecule has 0 bridgehead atoms. The zero-order valence-corrected chi connectivity index (χ0v) is 14.8. The van der Waals surface area contributed by atoms with Crippen LogP contribution in [0.5, 0.6) is 0 Å². The summed E-state index contributed by atoms with van der Waals surface area (Å²) in [6.45, 7) is 6.50. The fourth-order valence-electron chi connectivity index (χ4n) is 2.76. The molecule has 6 heteroatoms. The summed E-state index contributed by atoms with van der Waals surface area (Å²) in [7, 11) is 0. The SMILES string of the molecule is Cc1nc(SCCN2CCOCC2)[nH]c(=O)c1Cc1ccccc1. The van der Waals surface area contributed by atoms with Crippen molar-refractivity contribution in [3.63, 3.8) is 0 Å². The number of morpholine rings is 1. The van der Waals surface area contributed by atoms with E-state index in [2.05, 4.69) is 14.9 Å². The first-order chi connectivity index (χ1) is 11.7. The Kier molecular flexibility index (Phi) is 6.07. The third-order valence-electron chi connectivity index (χ3n) is 4.17. The van der Waals surface area contributed by atoms with Crippen LogP contribution in [0.2, 0.25) is 0 Å². The lowest BCUT2D eigenvalue weighted by molar-refractivity contribution is 0.0410. The summed E-state index contributed by atoms with van der Waals surface area (Å²) in [6.07, 6.45) is 0.619. The monoisotopic (exact) mass is 345 g/mol. The Bertz CT molecular complexity index is 712. The van der Waals surface area contributed by atoms with E-state index in [-0.39, 0.29) is 5.56 Å². The van der Waals surface area contributed by atoms with Crippen molar-refractivity contribution in [1.29, 1.82) is 0 Å². The maximum absolute atomic E-state index is 12.4. The van der Waals surface area contributed by atoms with Crippen LogP contribution in [-0.4, -0.2) is 53.5 Å². The molecule has 2 heterocycles. The number of benzene rings is 1. The van der Waals surface area contributed by atoms with E-state index >= 15 is 0 Å². The number of rotatable bonds is 6. The minimum absolute atomic E-state index is 0.0276. The van der Waals surface area contributed by atoms with E-state index in [0.29, 0.717) is 11.6 Å². The molecule has 2 aromatic rings. The van der Waals surface area contributed by atoms with Crippen LogP contribution in [-0.2, 0) is 11.2 Å². The number of aromatic amines is 1. The summed E-state index contributed by atoms with van der Waals surface area (Å²) < 4.78 is 5.35. The van der Waals surface area contributed by atoms with Gasteiger partial charge >= 0.3 is 0 Å². The normalized spacial score (nSPS) is 15.5. The highest BCUT2D eigenvalue weighted by molar-refractivity contribution is 7.99. The Morgan fingerprint density at radius 1 is 1.25 bits per heavy atom. The van der Waals surface area contributed by atoms with Crippen molar-refractivity contribution in [2.24, 2.45) is 0 Å². The van der Waals surface area contributed by atoms with Gasteiger partial charge < -0.3 is 9.72 Å². The molecule has 24 heavy (non-hydrogen) atoms. The van der Waals surface area contributed by atoms with E-state index in [1.54, 1.807) is 11.8 Å². The first-order valence-corrected chi connectivity index (χ1v) is 9.27. The highest BCUT2D eigenvalue weighted by Crippen LogP contribution is 2.15. The van der Waals surface area contributed by atoms with E-state index in [4.69, 9.17) is 4.74 Å². The molecular formula is C18H23N3O2S. The minimum Gasteiger partial charge on any atom is -0.379 e. The molecule has 1 aliphatic rings. The predicted molar refractivity (Wildman–Crippen MR) is 96.8 cm³/mol. The molecule has 0 radical (unpaired) electrons. The van der Waals surface area contributed by atoms with Gasteiger partial charge in [0.2, 0.25) is 0 Å². The van der Waals surface area contributed by atoms with Crippen LogP contribution in [0.25, 0.3) is 0 Å². The molecule has 0 saturated carbocycles. The Balaban J connectivity index is 1.60. The summed E-state index contributed by atoms with van der Waals surface area (Å²) in [5.74, 6) is 0.917. The highest BCUT2D eigenvalue weighted by atomic mass is 32.2. The summed E-state index contributed by atoms with van der Waals surface area (Å²) in [6, 6.07) is 10.0. The maximum atomic E-state index is 12.4. The average Bonchev–Trinajstić information content (AvgIpc) is 2.60. The molecule has 0 spiro atoms. The number of thioether (sulfide) groups is 1. The molecule has 1 aliphatic heterocycles. The second-order valence-electron chi connectivity index (χ2n) is 5.90. The molecular weight excluding hydrogens is 322 g/mol. The highest BCUT2D eigenvalue weighted by Gasteiger charge is 2.12. The van der Waals surface area contributed by atoms with Crippen LogP contribution in [0, 0.1) is 6.92 Å². The zero-order chi connectivity index (χ0) is 16.8. The van der Waals surface area contributed by atoms with Crippen molar-refractivity contribution >= 4 is 11.8 Å². The van der Waals surface area contributed by atoms with Crippen molar-refractivity contribution in [1.82, 2.24) is 14.9 Å². The van der Waals surface area contributed by atoms with E-state index in [1.165, 1.54) is 0 Å². The number of ether oxygens (including phenoxy) is 1. The Morgan fingerprint density at radius 2 is 2.00 bits per heavy atom. The zero-order valence-electron chi connectivity index (χ0n) is 14.0. The summed E-state index contributed by atoms with van der Waals surface area (Å²) in [5, 5.41) is 0.711. The lowest BCUT2D eigenvalue weighted by Gasteiger charge is -2.26. The number of hydrogen-bond acceptors (Lipinski definition) is 5. The molecule has 0 aliphatic carbocycles. The van der Waals surface area contributed by atoms with Crippen LogP contribution in [0.3, 0.4) is 0 Å².